The van der Waals surface area contributed by atoms with Crippen molar-refractivity contribution in [2.24, 2.45) is 0 Å². The van der Waals surface area contributed by atoms with Gasteiger partial charge in [-0.2, -0.15) is 0 Å². The molecule has 0 bridgehead atoms. The van der Waals surface area contributed by atoms with Crippen LogP contribution in [0.15, 0.2) is 38.5 Å². The molecule has 8 heteroatoms. The molecule has 0 saturated heterocycles. The molecular weight excluding hydrogens is 294 g/mol. The van der Waals surface area contributed by atoms with Gasteiger partial charge in [0.2, 0.25) is 0 Å². The number of anilines is 1. The van der Waals surface area contributed by atoms with E-state index in [1.165, 1.54) is 35.8 Å². The van der Waals surface area contributed by atoms with Gasteiger partial charge in [0.15, 0.2) is 10.3 Å². The first-order valence-electron chi connectivity index (χ1n) is 6.11. The van der Waals surface area contributed by atoms with Gasteiger partial charge in [-0.05, 0) is 24.4 Å². The fourth-order valence-corrected chi connectivity index (χ4v) is 2.60. The zero-order valence-electron chi connectivity index (χ0n) is 11.2. The molecule has 0 amide bonds. The van der Waals surface area contributed by atoms with Crippen molar-refractivity contribution < 1.29 is 0 Å². The third-order valence-corrected chi connectivity index (χ3v) is 3.64. The minimum absolute atomic E-state index is 0.175. The molecular formula is C12H15N5OS2. The van der Waals surface area contributed by atoms with E-state index in [1.54, 1.807) is 0 Å². The molecule has 0 saturated carbocycles. The van der Waals surface area contributed by atoms with Crippen molar-refractivity contribution in [1.29, 1.82) is 0 Å². The topological polar surface area (TPSA) is 83.6 Å². The number of hydrogen-bond acceptors (Lipinski definition) is 7. The van der Waals surface area contributed by atoms with Gasteiger partial charge in [-0.3, -0.25) is 4.79 Å². The van der Waals surface area contributed by atoms with Gasteiger partial charge in [-0.25, -0.2) is 15.0 Å². The summed E-state index contributed by atoms with van der Waals surface area (Å²) in [5.41, 5.74) is -0.175. The standard InChI is InChI=1S/C12H15N5OS2/c1-3-5-13-8-7-10(17-12(15-8)19-2)20-11-14-6-4-9(18)16-11/h4,6-7H,3,5H2,1-2H3,(H,13,15,17)(H,14,16,18). The van der Waals surface area contributed by atoms with Crippen LogP contribution in [0.4, 0.5) is 5.82 Å². The number of aromatic amines is 1. The fourth-order valence-electron chi connectivity index (χ4n) is 1.39. The highest BCUT2D eigenvalue weighted by molar-refractivity contribution is 7.99. The van der Waals surface area contributed by atoms with Gasteiger partial charge in [-0.15, -0.1) is 0 Å². The Labute approximate surface area is 125 Å². The molecule has 2 N–H and O–H groups in total. The molecule has 20 heavy (non-hydrogen) atoms. The molecule has 0 aliphatic rings. The van der Waals surface area contributed by atoms with Crippen LogP contribution in [-0.2, 0) is 0 Å². The number of H-pyrrole nitrogens is 1. The van der Waals surface area contributed by atoms with Gasteiger partial charge in [0.05, 0.1) is 0 Å². The largest absolute Gasteiger partial charge is 0.370 e. The summed E-state index contributed by atoms with van der Waals surface area (Å²) >= 11 is 2.78. The molecule has 2 aromatic rings. The average molecular weight is 309 g/mol. The lowest BCUT2D eigenvalue weighted by atomic mass is 10.4. The van der Waals surface area contributed by atoms with E-state index in [2.05, 4.69) is 32.2 Å². The van der Waals surface area contributed by atoms with E-state index in [4.69, 9.17) is 0 Å². The summed E-state index contributed by atoms with van der Waals surface area (Å²) < 4.78 is 0. The number of hydrogen-bond donors (Lipinski definition) is 2. The predicted octanol–water partition coefficient (Wildman–Crippen LogP) is 2.25. The van der Waals surface area contributed by atoms with Gasteiger partial charge in [0, 0.05) is 24.9 Å². The average Bonchev–Trinajstić information content (AvgIpc) is 2.45. The summed E-state index contributed by atoms with van der Waals surface area (Å²) in [5.74, 6) is 0.784. The summed E-state index contributed by atoms with van der Waals surface area (Å²) in [6.07, 6.45) is 4.43. The molecule has 2 heterocycles. The highest BCUT2D eigenvalue weighted by Gasteiger charge is 2.07. The van der Waals surface area contributed by atoms with Crippen molar-refractivity contribution in [3.8, 4) is 0 Å². The maximum Gasteiger partial charge on any atom is 0.251 e. The van der Waals surface area contributed by atoms with Crippen molar-refractivity contribution in [2.45, 2.75) is 28.7 Å². The normalized spacial score (nSPS) is 10.5. The number of nitrogens with one attached hydrogen (secondary N) is 2. The SMILES string of the molecule is CCCNc1cc(Sc2nccc(=O)[nH]2)nc(SC)n1. The van der Waals surface area contributed by atoms with Crippen LogP contribution in [0.3, 0.4) is 0 Å². The molecule has 106 valence electrons. The van der Waals surface area contributed by atoms with Crippen LogP contribution in [0.2, 0.25) is 0 Å². The third-order valence-electron chi connectivity index (χ3n) is 2.27. The lowest BCUT2D eigenvalue weighted by molar-refractivity contribution is 0.870. The van der Waals surface area contributed by atoms with Crippen LogP contribution in [0, 0.1) is 0 Å². The minimum Gasteiger partial charge on any atom is -0.370 e. The highest BCUT2D eigenvalue weighted by atomic mass is 32.2. The van der Waals surface area contributed by atoms with E-state index in [-0.39, 0.29) is 5.56 Å². The molecule has 0 aliphatic carbocycles. The van der Waals surface area contributed by atoms with Crippen LogP contribution in [-0.4, -0.2) is 32.7 Å². The Balaban J connectivity index is 2.23. The van der Waals surface area contributed by atoms with E-state index in [0.717, 1.165) is 23.8 Å². The van der Waals surface area contributed by atoms with Crippen molar-refractivity contribution in [2.75, 3.05) is 18.1 Å². The molecule has 6 nitrogen and oxygen atoms in total. The van der Waals surface area contributed by atoms with Crippen molar-refractivity contribution in [3.05, 3.63) is 28.7 Å². The minimum atomic E-state index is -0.175. The van der Waals surface area contributed by atoms with Crippen LogP contribution < -0.4 is 10.9 Å². The van der Waals surface area contributed by atoms with E-state index >= 15 is 0 Å². The number of nitrogens with zero attached hydrogens (tertiary/aromatic N) is 3. The van der Waals surface area contributed by atoms with Crippen molar-refractivity contribution >= 4 is 29.3 Å². The monoisotopic (exact) mass is 309 g/mol. The maximum atomic E-state index is 11.3. The summed E-state index contributed by atoms with van der Waals surface area (Å²) in [6, 6.07) is 3.23. The summed E-state index contributed by atoms with van der Waals surface area (Å²) in [4.78, 5) is 26.8. The van der Waals surface area contributed by atoms with Gasteiger partial charge >= 0.3 is 0 Å². The fraction of sp³-hybridized carbons (Fsp3) is 0.333. The second-order valence-electron chi connectivity index (χ2n) is 3.85. The molecule has 0 radical (unpaired) electrons. The second-order valence-corrected chi connectivity index (χ2v) is 5.63. The van der Waals surface area contributed by atoms with Crippen molar-refractivity contribution in [1.82, 2.24) is 19.9 Å². The Kier molecular flexibility index (Phi) is 5.42. The Hall–Kier alpha value is -1.54. The second kappa shape index (κ2) is 7.30. The van der Waals surface area contributed by atoms with Crippen LogP contribution in [0.5, 0.6) is 0 Å². The summed E-state index contributed by atoms with van der Waals surface area (Å²) in [7, 11) is 0. The van der Waals surface area contributed by atoms with E-state index in [9.17, 15) is 4.79 Å². The van der Waals surface area contributed by atoms with Crippen molar-refractivity contribution in [3.63, 3.8) is 0 Å². The Bertz CT molecular complexity index is 631. The van der Waals surface area contributed by atoms with E-state index in [1.807, 2.05) is 12.3 Å². The maximum absolute atomic E-state index is 11.3. The first-order valence-corrected chi connectivity index (χ1v) is 8.15. The quantitative estimate of drug-likeness (QED) is 0.481. The van der Waals surface area contributed by atoms with Crippen LogP contribution >= 0.6 is 23.5 Å². The number of rotatable bonds is 6. The molecule has 0 atom stereocenters. The Morgan fingerprint density at radius 2 is 2.25 bits per heavy atom. The van der Waals surface area contributed by atoms with Gasteiger partial charge < -0.3 is 10.3 Å². The lowest BCUT2D eigenvalue weighted by Crippen LogP contribution is -2.06. The summed E-state index contributed by atoms with van der Waals surface area (Å²) in [5, 5.41) is 5.19. The third kappa shape index (κ3) is 4.24. The molecule has 0 unspecified atom stereocenters. The molecule has 0 aromatic carbocycles. The zero-order valence-corrected chi connectivity index (χ0v) is 12.8. The van der Waals surface area contributed by atoms with Gasteiger partial charge in [0.25, 0.3) is 5.56 Å². The molecule has 2 aromatic heterocycles. The van der Waals surface area contributed by atoms with Gasteiger partial charge in [-0.1, -0.05) is 18.7 Å². The van der Waals surface area contributed by atoms with Crippen LogP contribution in [0.1, 0.15) is 13.3 Å². The van der Waals surface area contributed by atoms with E-state index < -0.39 is 0 Å². The van der Waals surface area contributed by atoms with Gasteiger partial charge in [0.1, 0.15) is 10.8 Å². The Morgan fingerprint density at radius 1 is 1.40 bits per heavy atom. The smallest absolute Gasteiger partial charge is 0.251 e. The van der Waals surface area contributed by atoms with Crippen LogP contribution in [0.25, 0.3) is 0 Å². The first kappa shape index (κ1) is 14.9. The summed E-state index contributed by atoms with van der Waals surface area (Å²) in [6.45, 7) is 2.95. The molecule has 2 rings (SSSR count). The zero-order chi connectivity index (χ0) is 14.4. The van der Waals surface area contributed by atoms with E-state index in [0.29, 0.717) is 10.3 Å². The molecule has 0 fully saturated rings. The molecule has 0 aliphatic heterocycles. The first-order chi connectivity index (χ1) is 9.71. The Morgan fingerprint density at radius 3 is 2.95 bits per heavy atom. The molecule has 0 spiro atoms. The predicted molar refractivity (Wildman–Crippen MR) is 81.6 cm³/mol. The highest BCUT2D eigenvalue weighted by Crippen LogP contribution is 2.25. The number of aromatic nitrogens is 4. The number of thioether (sulfide) groups is 1. The lowest BCUT2D eigenvalue weighted by Gasteiger charge is -2.07.